The van der Waals surface area contributed by atoms with Gasteiger partial charge in [-0.25, -0.2) is 15.0 Å². The quantitative estimate of drug-likeness (QED) is 0.882. The fourth-order valence-corrected chi connectivity index (χ4v) is 2.22. The number of hydrogen-bond acceptors (Lipinski definition) is 5. The molecule has 0 unspecified atom stereocenters. The normalized spacial score (nSPS) is 11.0. The van der Waals surface area contributed by atoms with E-state index in [1.165, 1.54) is 4.88 Å². The molecule has 5 heteroatoms. The Labute approximate surface area is 105 Å². The monoisotopic (exact) mass is 248 g/mol. The lowest BCUT2D eigenvalue weighted by Gasteiger charge is -2.04. The van der Waals surface area contributed by atoms with Crippen molar-refractivity contribution < 1.29 is 0 Å². The average Bonchev–Trinajstić information content (AvgIpc) is 2.78. The highest BCUT2D eigenvalue weighted by Gasteiger charge is 2.06. The van der Waals surface area contributed by atoms with Crippen LogP contribution in [-0.4, -0.2) is 21.5 Å². The molecule has 0 aliphatic carbocycles. The van der Waals surface area contributed by atoms with Gasteiger partial charge in [0.25, 0.3) is 0 Å². The summed E-state index contributed by atoms with van der Waals surface area (Å²) in [4.78, 5) is 13.9. The van der Waals surface area contributed by atoms with Gasteiger partial charge in [0.2, 0.25) is 0 Å². The predicted octanol–water partition coefficient (Wildman–Crippen LogP) is 2.35. The molecule has 0 aromatic carbocycles. The summed E-state index contributed by atoms with van der Waals surface area (Å²) in [5, 5.41) is 4.28. The number of nitrogens with one attached hydrogen (secondary N) is 1. The Morgan fingerprint density at radius 1 is 1.24 bits per heavy atom. The Morgan fingerprint density at radius 3 is 2.71 bits per heavy atom. The Balaban J connectivity index is 1.97. The van der Waals surface area contributed by atoms with Gasteiger partial charge >= 0.3 is 0 Å². The Hall–Kier alpha value is -1.33. The summed E-state index contributed by atoms with van der Waals surface area (Å²) in [7, 11) is 0. The third-order valence-corrected chi connectivity index (χ3v) is 3.16. The second-order valence-electron chi connectivity index (χ2n) is 4.23. The molecule has 0 saturated carbocycles. The van der Waals surface area contributed by atoms with Crippen molar-refractivity contribution in [1.29, 1.82) is 0 Å². The zero-order valence-electron chi connectivity index (χ0n) is 10.1. The van der Waals surface area contributed by atoms with E-state index in [0.29, 0.717) is 11.7 Å². The lowest BCUT2D eigenvalue weighted by atomic mass is 10.2. The van der Waals surface area contributed by atoms with Crippen LogP contribution >= 0.6 is 11.3 Å². The summed E-state index contributed by atoms with van der Waals surface area (Å²) in [6.07, 6.45) is 5.37. The highest BCUT2D eigenvalue weighted by atomic mass is 32.1. The van der Waals surface area contributed by atoms with Crippen molar-refractivity contribution in [3.63, 3.8) is 0 Å². The molecule has 0 aliphatic heterocycles. The van der Waals surface area contributed by atoms with Crippen molar-refractivity contribution in [3.05, 3.63) is 29.5 Å². The van der Waals surface area contributed by atoms with Crippen LogP contribution in [0.15, 0.2) is 24.7 Å². The Kier molecular flexibility index (Phi) is 4.17. The second-order valence-corrected chi connectivity index (χ2v) is 5.34. The van der Waals surface area contributed by atoms with Crippen LogP contribution in [0.4, 0.5) is 0 Å². The van der Waals surface area contributed by atoms with Gasteiger partial charge in [-0.05, 0) is 18.5 Å². The van der Waals surface area contributed by atoms with E-state index in [-0.39, 0.29) is 0 Å². The highest BCUT2D eigenvalue weighted by molar-refractivity contribution is 7.14. The van der Waals surface area contributed by atoms with E-state index in [4.69, 9.17) is 0 Å². The molecule has 90 valence electrons. The molecule has 0 spiro atoms. The lowest BCUT2D eigenvalue weighted by molar-refractivity contribution is 0.554. The van der Waals surface area contributed by atoms with Crippen LogP contribution in [0.25, 0.3) is 10.8 Å². The van der Waals surface area contributed by atoms with Crippen LogP contribution in [0.1, 0.15) is 18.7 Å². The van der Waals surface area contributed by atoms with E-state index in [9.17, 15) is 0 Å². The molecular weight excluding hydrogens is 232 g/mol. The molecule has 0 bridgehead atoms. The number of rotatable bonds is 5. The standard InChI is InChI=1S/C12H16N4S/c1-9(2)6-13-7-10-8-16-12(17-10)11-14-4-3-5-15-11/h3-5,8-9,13H,6-7H2,1-2H3. The summed E-state index contributed by atoms with van der Waals surface area (Å²) >= 11 is 1.64. The van der Waals surface area contributed by atoms with Crippen LogP contribution < -0.4 is 5.32 Å². The van der Waals surface area contributed by atoms with E-state index >= 15 is 0 Å². The summed E-state index contributed by atoms with van der Waals surface area (Å²) in [6.45, 7) is 6.28. The molecule has 2 heterocycles. The fourth-order valence-electron chi connectivity index (χ4n) is 1.39. The summed E-state index contributed by atoms with van der Waals surface area (Å²) in [5.74, 6) is 1.37. The van der Waals surface area contributed by atoms with Crippen LogP contribution in [-0.2, 0) is 6.54 Å². The molecule has 4 nitrogen and oxygen atoms in total. The molecule has 0 amide bonds. The van der Waals surface area contributed by atoms with Crippen LogP contribution in [0, 0.1) is 5.92 Å². The van der Waals surface area contributed by atoms with Crippen molar-refractivity contribution in [2.75, 3.05) is 6.54 Å². The molecule has 2 aromatic rings. The third-order valence-electron chi connectivity index (χ3n) is 2.16. The minimum Gasteiger partial charge on any atom is -0.312 e. The number of aromatic nitrogens is 3. The van der Waals surface area contributed by atoms with Gasteiger partial charge in [-0.3, -0.25) is 0 Å². The summed E-state index contributed by atoms with van der Waals surface area (Å²) < 4.78 is 0. The van der Waals surface area contributed by atoms with E-state index in [2.05, 4.69) is 34.1 Å². The summed E-state index contributed by atoms with van der Waals surface area (Å²) in [6, 6.07) is 1.81. The van der Waals surface area contributed by atoms with Gasteiger partial charge in [0.15, 0.2) is 10.8 Å². The second kappa shape index (κ2) is 5.84. The molecule has 0 saturated heterocycles. The van der Waals surface area contributed by atoms with Crippen LogP contribution in [0.3, 0.4) is 0 Å². The van der Waals surface area contributed by atoms with Gasteiger partial charge in [0.05, 0.1) is 0 Å². The molecule has 1 N–H and O–H groups in total. The minimum atomic E-state index is 0.667. The Bertz CT molecular complexity index is 453. The molecule has 2 aromatic heterocycles. The van der Waals surface area contributed by atoms with E-state index < -0.39 is 0 Å². The van der Waals surface area contributed by atoms with E-state index in [0.717, 1.165) is 18.1 Å². The van der Waals surface area contributed by atoms with Crippen molar-refractivity contribution >= 4 is 11.3 Å². The largest absolute Gasteiger partial charge is 0.312 e. The van der Waals surface area contributed by atoms with Crippen molar-refractivity contribution in [1.82, 2.24) is 20.3 Å². The minimum absolute atomic E-state index is 0.667. The average molecular weight is 248 g/mol. The van der Waals surface area contributed by atoms with Gasteiger partial charge in [-0.1, -0.05) is 13.8 Å². The Morgan fingerprint density at radius 2 is 2.00 bits per heavy atom. The SMILES string of the molecule is CC(C)CNCc1cnc(-c2ncccn2)s1. The lowest BCUT2D eigenvalue weighted by Crippen LogP contribution is -2.18. The van der Waals surface area contributed by atoms with Gasteiger partial charge < -0.3 is 5.32 Å². The molecule has 0 fully saturated rings. The molecule has 0 atom stereocenters. The first kappa shape index (κ1) is 12.1. The van der Waals surface area contributed by atoms with Crippen molar-refractivity contribution in [3.8, 4) is 10.8 Å². The first-order chi connectivity index (χ1) is 8.25. The smallest absolute Gasteiger partial charge is 0.188 e. The van der Waals surface area contributed by atoms with E-state index in [1.807, 2.05) is 12.3 Å². The van der Waals surface area contributed by atoms with Crippen LogP contribution in [0.5, 0.6) is 0 Å². The van der Waals surface area contributed by atoms with Crippen molar-refractivity contribution in [2.45, 2.75) is 20.4 Å². The van der Waals surface area contributed by atoms with Gasteiger partial charge in [-0.2, -0.15) is 0 Å². The third kappa shape index (κ3) is 3.57. The first-order valence-electron chi connectivity index (χ1n) is 5.68. The van der Waals surface area contributed by atoms with Crippen molar-refractivity contribution in [2.24, 2.45) is 5.92 Å². The molecular formula is C12H16N4S. The fraction of sp³-hybridized carbons (Fsp3) is 0.417. The number of hydrogen-bond donors (Lipinski definition) is 1. The maximum atomic E-state index is 4.34. The summed E-state index contributed by atoms with van der Waals surface area (Å²) in [5.41, 5.74) is 0. The first-order valence-corrected chi connectivity index (χ1v) is 6.50. The van der Waals surface area contributed by atoms with Crippen LogP contribution in [0.2, 0.25) is 0 Å². The molecule has 17 heavy (non-hydrogen) atoms. The number of thiazole rings is 1. The predicted molar refractivity (Wildman–Crippen MR) is 69.7 cm³/mol. The molecule has 0 aliphatic rings. The maximum absolute atomic E-state index is 4.34. The zero-order chi connectivity index (χ0) is 12.1. The maximum Gasteiger partial charge on any atom is 0.188 e. The van der Waals surface area contributed by atoms with Gasteiger partial charge in [0, 0.05) is 30.0 Å². The molecule has 2 rings (SSSR count). The van der Waals surface area contributed by atoms with E-state index in [1.54, 1.807) is 23.7 Å². The number of nitrogens with zero attached hydrogens (tertiary/aromatic N) is 3. The zero-order valence-corrected chi connectivity index (χ0v) is 10.9. The highest BCUT2D eigenvalue weighted by Crippen LogP contribution is 2.21. The van der Waals surface area contributed by atoms with Gasteiger partial charge in [-0.15, -0.1) is 11.3 Å². The van der Waals surface area contributed by atoms with Gasteiger partial charge in [0.1, 0.15) is 0 Å². The molecule has 0 radical (unpaired) electrons. The topological polar surface area (TPSA) is 50.7 Å².